The second kappa shape index (κ2) is 8.45. The molecule has 3 rings (SSSR count). The summed E-state index contributed by atoms with van der Waals surface area (Å²) in [4.78, 5) is 20.6. The summed E-state index contributed by atoms with van der Waals surface area (Å²) in [7, 11) is 6.13. The first kappa shape index (κ1) is 18.6. The molecule has 0 aromatic carbocycles. The topological polar surface area (TPSA) is 48.4 Å². The highest BCUT2D eigenvalue weighted by atomic mass is 15.3. The molecular weight excluding hydrogens is 324 g/mol. The maximum Gasteiger partial charge on any atom is 0.227 e. The monoisotopic (exact) mass is 354 g/mol. The van der Waals surface area contributed by atoms with Crippen LogP contribution in [-0.2, 0) is 6.42 Å². The first-order valence-electron chi connectivity index (χ1n) is 9.41. The normalized spacial score (nSPS) is 17.9. The van der Waals surface area contributed by atoms with Crippen molar-refractivity contribution in [1.29, 1.82) is 0 Å². The van der Waals surface area contributed by atoms with Gasteiger partial charge in [-0.1, -0.05) is 6.07 Å². The van der Waals surface area contributed by atoms with Gasteiger partial charge in [-0.2, -0.15) is 4.98 Å². The summed E-state index contributed by atoms with van der Waals surface area (Å²) in [6.45, 7) is 5.32. The lowest BCUT2D eigenvalue weighted by Crippen LogP contribution is -2.47. The molecule has 0 amide bonds. The highest BCUT2D eigenvalue weighted by Gasteiger charge is 2.24. The van der Waals surface area contributed by atoms with Crippen LogP contribution < -0.4 is 9.80 Å². The van der Waals surface area contributed by atoms with Gasteiger partial charge in [0.15, 0.2) is 0 Å². The van der Waals surface area contributed by atoms with Crippen molar-refractivity contribution in [3.63, 3.8) is 0 Å². The zero-order chi connectivity index (χ0) is 18.5. The van der Waals surface area contributed by atoms with Crippen LogP contribution in [0.15, 0.2) is 30.5 Å². The molecule has 1 fully saturated rings. The fraction of sp³-hybridized carbons (Fsp3) is 0.550. The molecule has 0 bridgehead atoms. The minimum atomic E-state index is 0.451. The molecule has 2 aromatic heterocycles. The lowest BCUT2D eigenvalue weighted by molar-refractivity contribution is 0.207. The van der Waals surface area contributed by atoms with E-state index in [0.29, 0.717) is 6.04 Å². The minimum Gasteiger partial charge on any atom is -0.363 e. The summed E-state index contributed by atoms with van der Waals surface area (Å²) in [5.74, 6) is 1.75. The lowest BCUT2D eigenvalue weighted by Gasteiger charge is -2.37. The van der Waals surface area contributed by atoms with Gasteiger partial charge in [-0.15, -0.1) is 0 Å². The molecule has 2 aromatic rings. The number of hydrogen-bond acceptors (Lipinski definition) is 6. The van der Waals surface area contributed by atoms with E-state index in [1.165, 1.54) is 18.5 Å². The summed E-state index contributed by atoms with van der Waals surface area (Å²) < 4.78 is 0. The van der Waals surface area contributed by atoms with Crippen LogP contribution in [0.25, 0.3) is 0 Å². The Morgan fingerprint density at radius 1 is 1.15 bits per heavy atom. The molecule has 0 N–H and O–H groups in total. The molecule has 140 valence electrons. The van der Waals surface area contributed by atoms with Crippen molar-refractivity contribution < 1.29 is 0 Å². The van der Waals surface area contributed by atoms with Gasteiger partial charge in [-0.3, -0.25) is 4.98 Å². The van der Waals surface area contributed by atoms with Crippen molar-refractivity contribution in [3.8, 4) is 0 Å². The lowest BCUT2D eigenvalue weighted by atomic mass is 10.0. The Balaban J connectivity index is 1.60. The maximum atomic E-state index is 4.69. The van der Waals surface area contributed by atoms with Crippen molar-refractivity contribution in [1.82, 2.24) is 19.9 Å². The minimum absolute atomic E-state index is 0.451. The first-order valence-corrected chi connectivity index (χ1v) is 9.41. The second-order valence-electron chi connectivity index (χ2n) is 7.34. The number of anilines is 2. The standard InChI is InChI=1S/C20H30N6/c1-16-7-5-8-17(22-16)11-14-26-13-6-9-18(15-26)25(4)20-21-12-10-19(23-20)24(2)3/h5,7-8,10,12,18H,6,9,11,13-15H2,1-4H3. The predicted octanol–water partition coefficient (Wildman–Crippen LogP) is 2.39. The van der Waals surface area contributed by atoms with Gasteiger partial charge in [0.25, 0.3) is 0 Å². The third kappa shape index (κ3) is 4.69. The van der Waals surface area contributed by atoms with Crippen LogP contribution in [0, 0.1) is 6.92 Å². The van der Waals surface area contributed by atoms with Crippen LogP contribution in [0.1, 0.15) is 24.2 Å². The molecule has 0 aliphatic carbocycles. The van der Waals surface area contributed by atoms with E-state index < -0.39 is 0 Å². The van der Waals surface area contributed by atoms with Gasteiger partial charge in [0.2, 0.25) is 5.95 Å². The van der Waals surface area contributed by atoms with Gasteiger partial charge in [-0.05, 0) is 44.5 Å². The number of hydrogen-bond donors (Lipinski definition) is 0. The van der Waals surface area contributed by atoms with Crippen LogP contribution in [0.4, 0.5) is 11.8 Å². The van der Waals surface area contributed by atoms with Crippen LogP contribution in [0.5, 0.6) is 0 Å². The summed E-state index contributed by atoms with van der Waals surface area (Å²) in [5, 5.41) is 0. The average molecular weight is 355 g/mol. The van der Waals surface area contributed by atoms with E-state index in [0.717, 1.165) is 43.5 Å². The van der Waals surface area contributed by atoms with Crippen LogP contribution in [-0.4, -0.2) is 66.7 Å². The molecule has 6 heteroatoms. The number of rotatable bonds is 6. The maximum absolute atomic E-state index is 4.69. The Morgan fingerprint density at radius 2 is 2.00 bits per heavy atom. The zero-order valence-corrected chi connectivity index (χ0v) is 16.4. The van der Waals surface area contributed by atoms with Gasteiger partial charge >= 0.3 is 0 Å². The molecule has 6 nitrogen and oxygen atoms in total. The van der Waals surface area contributed by atoms with Crippen LogP contribution in [0.3, 0.4) is 0 Å². The zero-order valence-electron chi connectivity index (χ0n) is 16.4. The highest BCUT2D eigenvalue weighted by Crippen LogP contribution is 2.20. The molecule has 1 atom stereocenters. The number of aryl methyl sites for hydroxylation is 1. The van der Waals surface area contributed by atoms with Gasteiger partial charge in [0, 0.05) is 64.3 Å². The largest absolute Gasteiger partial charge is 0.363 e. The van der Waals surface area contributed by atoms with Crippen molar-refractivity contribution in [3.05, 3.63) is 41.9 Å². The third-order valence-corrected chi connectivity index (χ3v) is 5.06. The van der Waals surface area contributed by atoms with Crippen LogP contribution >= 0.6 is 0 Å². The molecule has 0 spiro atoms. The molecule has 3 heterocycles. The Kier molecular flexibility index (Phi) is 6.04. The van der Waals surface area contributed by atoms with Crippen molar-refractivity contribution >= 4 is 11.8 Å². The molecule has 1 aliphatic rings. The number of nitrogens with zero attached hydrogens (tertiary/aromatic N) is 6. The van der Waals surface area contributed by atoms with E-state index in [1.54, 1.807) is 0 Å². The summed E-state index contributed by atoms with van der Waals surface area (Å²) in [6.07, 6.45) is 5.25. The second-order valence-corrected chi connectivity index (χ2v) is 7.34. The molecule has 1 saturated heterocycles. The molecule has 0 radical (unpaired) electrons. The average Bonchev–Trinajstić information content (AvgIpc) is 2.66. The quantitative estimate of drug-likeness (QED) is 0.794. The van der Waals surface area contributed by atoms with Gasteiger partial charge in [-0.25, -0.2) is 4.98 Å². The van der Waals surface area contributed by atoms with Gasteiger partial charge < -0.3 is 14.7 Å². The van der Waals surface area contributed by atoms with E-state index in [2.05, 4.69) is 56.9 Å². The van der Waals surface area contributed by atoms with Crippen molar-refractivity contribution in [2.45, 2.75) is 32.2 Å². The van der Waals surface area contributed by atoms with Gasteiger partial charge in [0.1, 0.15) is 5.82 Å². The third-order valence-electron chi connectivity index (χ3n) is 5.06. The first-order chi connectivity index (χ1) is 12.5. The smallest absolute Gasteiger partial charge is 0.227 e. The number of pyridine rings is 1. The summed E-state index contributed by atoms with van der Waals surface area (Å²) in [6, 6.07) is 8.67. The Hall–Kier alpha value is -2.21. The van der Waals surface area contributed by atoms with E-state index in [4.69, 9.17) is 0 Å². The Morgan fingerprint density at radius 3 is 2.77 bits per heavy atom. The number of aromatic nitrogens is 3. The van der Waals surface area contributed by atoms with Gasteiger partial charge in [0.05, 0.1) is 0 Å². The number of likely N-dealkylation sites (N-methyl/N-ethyl adjacent to an activating group) is 1. The Labute approximate surface area is 156 Å². The molecule has 0 saturated carbocycles. The predicted molar refractivity (Wildman–Crippen MR) is 107 cm³/mol. The van der Waals surface area contributed by atoms with Crippen molar-refractivity contribution in [2.24, 2.45) is 0 Å². The number of likely N-dealkylation sites (tertiary alicyclic amines) is 1. The summed E-state index contributed by atoms with van der Waals surface area (Å²) >= 11 is 0. The fourth-order valence-electron chi connectivity index (χ4n) is 3.48. The number of piperidine rings is 1. The van der Waals surface area contributed by atoms with E-state index in [9.17, 15) is 0 Å². The van der Waals surface area contributed by atoms with Crippen LogP contribution in [0.2, 0.25) is 0 Å². The molecule has 1 unspecified atom stereocenters. The Bertz CT molecular complexity index is 717. The fourth-order valence-corrected chi connectivity index (χ4v) is 3.48. The highest BCUT2D eigenvalue weighted by molar-refractivity contribution is 5.42. The summed E-state index contributed by atoms with van der Waals surface area (Å²) in [5.41, 5.74) is 2.28. The van der Waals surface area contributed by atoms with E-state index >= 15 is 0 Å². The molecular formula is C20H30N6. The van der Waals surface area contributed by atoms with Crippen molar-refractivity contribution in [2.75, 3.05) is 50.6 Å². The SMILES string of the molecule is Cc1cccc(CCN2CCCC(N(C)c3nccc(N(C)C)n3)C2)n1. The molecule has 1 aliphatic heterocycles. The van der Waals surface area contributed by atoms with E-state index in [-0.39, 0.29) is 0 Å². The molecule has 26 heavy (non-hydrogen) atoms. The van der Waals surface area contributed by atoms with E-state index in [1.807, 2.05) is 31.3 Å².